The summed E-state index contributed by atoms with van der Waals surface area (Å²) in [6, 6.07) is 0. The highest BCUT2D eigenvalue weighted by molar-refractivity contribution is 5.81. The van der Waals surface area contributed by atoms with Gasteiger partial charge in [-0.3, -0.25) is 0 Å². The van der Waals surface area contributed by atoms with Crippen molar-refractivity contribution >= 4 is 5.71 Å². The number of hydrogen-bond acceptors (Lipinski definition) is 2. The van der Waals surface area contributed by atoms with Crippen molar-refractivity contribution in [2.24, 2.45) is 0 Å². The summed E-state index contributed by atoms with van der Waals surface area (Å²) in [5.41, 5.74) is 0.811. The standard InChI is InChI=1S/C11H23NO/c1-2-3-4-5-6-8-11(12)9-7-10-13/h12-13H,2-10H2,1H3. The molecule has 0 amide bonds. The van der Waals surface area contributed by atoms with E-state index in [4.69, 9.17) is 10.5 Å². The Balaban J connectivity index is 3.08. The molecule has 0 rings (SSSR count). The van der Waals surface area contributed by atoms with Gasteiger partial charge in [-0.15, -0.1) is 0 Å². The molecule has 0 spiro atoms. The van der Waals surface area contributed by atoms with E-state index in [-0.39, 0.29) is 6.61 Å². The van der Waals surface area contributed by atoms with Crippen LogP contribution in [0.15, 0.2) is 0 Å². The van der Waals surface area contributed by atoms with E-state index in [0.717, 1.165) is 31.4 Å². The Morgan fingerprint density at radius 2 is 1.62 bits per heavy atom. The molecule has 78 valence electrons. The van der Waals surface area contributed by atoms with E-state index in [9.17, 15) is 0 Å². The first-order valence-corrected chi connectivity index (χ1v) is 5.48. The highest BCUT2D eigenvalue weighted by atomic mass is 16.2. The van der Waals surface area contributed by atoms with Crippen molar-refractivity contribution in [3.8, 4) is 0 Å². The van der Waals surface area contributed by atoms with Gasteiger partial charge in [0, 0.05) is 12.3 Å². The van der Waals surface area contributed by atoms with Crippen molar-refractivity contribution in [3.63, 3.8) is 0 Å². The average molecular weight is 185 g/mol. The lowest BCUT2D eigenvalue weighted by Crippen LogP contribution is -1.97. The fourth-order valence-electron chi connectivity index (χ4n) is 1.36. The number of aliphatic hydroxyl groups is 1. The number of nitrogens with one attached hydrogen (secondary N) is 1. The lowest BCUT2D eigenvalue weighted by molar-refractivity contribution is 0.291. The van der Waals surface area contributed by atoms with Crippen molar-refractivity contribution in [1.29, 1.82) is 5.41 Å². The van der Waals surface area contributed by atoms with Crippen molar-refractivity contribution in [3.05, 3.63) is 0 Å². The van der Waals surface area contributed by atoms with Crippen LogP contribution in [0, 0.1) is 5.41 Å². The first-order valence-electron chi connectivity index (χ1n) is 5.48. The first-order chi connectivity index (χ1) is 6.31. The van der Waals surface area contributed by atoms with E-state index in [2.05, 4.69) is 6.92 Å². The largest absolute Gasteiger partial charge is 0.396 e. The monoisotopic (exact) mass is 185 g/mol. The third-order valence-electron chi connectivity index (χ3n) is 2.22. The zero-order valence-electron chi connectivity index (χ0n) is 8.81. The van der Waals surface area contributed by atoms with Gasteiger partial charge in [0.05, 0.1) is 0 Å². The Morgan fingerprint density at radius 1 is 1.00 bits per heavy atom. The molecule has 0 aromatic carbocycles. The molecule has 0 aliphatic rings. The molecule has 13 heavy (non-hydrogen) atoms. The molecular formula is C11H23NO. The molecule has 0 fully saturated rings. The van der Waals surface area contributed by atoms with Gasteiger partial charge in [-0.2, -0.15) is 0 Å². The van der Waals surface area contributed by atoms with Crippen molar-refractivity contribution < 1.29 is 5.11 Å². The van der Waals surface area contributed by atoms with Crippen LogP contribution in [0.1, 0.15) is 58.3 Å². The third-order valence-corrected chi connectivity index (χ3v) is 2.22. The Hall–Kier alpha value is -0.370. The summed E-state index contributed by atoms with van der Waals surface area (Å²) < 4.78 is 0. The predicted octanol–water partition coefficient (Wildman–Crippen LogP) is 3.14. The van der Waals surface area contributed by atoms with E-state index in [1.807, 2.05) is 0 Å². The van der Waals surface area contributed by atoms with Crippen LogP contribution in [0.4, 0.5) is 0 Å². The second kappa shape index (κ2) is 9.72. The van der Waals surface area contributed by atoms with Crippen LogP contribution >= 0.6 is 0 Å². The minimum Gasteiger partial charge on any atom is -0.396 e. The quantitative estimate of drug-likeness (QED) is 0.420. The first kappa shape index (κ1) is 12.6. The number of unbranched alkanes of at least 4 members (excludes halogenated alkanes) is 4. The summed E-state index contributed by atoms with van der Waals surface area (Å²) in [7, 11) is 0. The van der Waals surface area contributed by atoms with Crippen LogP contribution in [-0.2, 0) is 0 Å². The zero-order chi connectivity index (χ0) is 9.94. The smallest absolute Gasteiger partial charge is 0.0434 e. The summed E-state index contributed by atoms with van der Waals surface area (Å²) in [4.78, 5) is 0. The molecule has 2 N–H and O–H groups in total. The lowest BCUT2D eigenvalue weighted by atomic mass is 10.1. The molecule has 0 saturated carbocycles. The second-order valence-corrected chi connectivity index (χ2v) is 3.59. The molecule has 0 atom stereocenters. The van der Waals surface area contributed by atoms with Crippen LogP contribution in [0.5, 0.6) is 0 Å². The summed E-state index contributed by atoms with van der Waals surface area (Å²) in [6.07, 6.45) is 8.80. The molecule has 0 unspecified atom stereocenters. The summed E-state index contributed by atoms with van der Waals surface area (Å²) >= 11 is 0. The minimum absolute atomic E-state index is 0.220. The molecule has 2 heteroatoms. The average Bonchev–Trinajstić information content (AvgIpc) is 2.14. The molecule has 0 aromatic heterocycles. The van der Waals surface area contributed by atoms with Gasteiger partial charge in [0.25, 0.3) is 0 Å². The number of rotatable bonds is 9. The van der Waals surface area contributed by atoms with E-state index in [1.165, 1.54) is 25.7 Å². The van der Waals surface area contributed by atoms with Crippen LogP contribution in [-0.4, -0.2) is 17.4 Å². The van der Waals surface area contributed by atoms with Gasteiger partial charge in [0.2, 0.25) is 0 Å². The highest BCUT2D eigenvalue weighted by Crippen LogP contribution is 2.07. The maximum Gasteiger partial charge on any atom is 0.0434 e. The minimum atomic E-state index is 0.220. The summed E-state index contributed by atoms with van der Waals surface area (Å²) in [6.45, 7) is 2.43. The molecule has 0 aromatic rings. The van der Waals surface area contributed by atoms with Crippen LogP contribution in [0.25, 0.3) is 0 Å². The van der Waals surface area contributed by atoms with E-state index < -0.39 is 0 Å². The molecule has 0 aliphatic heterocycles. The predicted molar refractivity (Wildman–Crippen MR) is 57.4 cm³/mol. The van der Waals surface area contributed by atoms with Gasteiger partial charge in [-0.05, 0) is 25.7 Å². The summed E-state index contributed by atoms with van der Waals surface area (Å²) in [5, 5.41) is 16.1. The van der Waals surface area contributed by atoms with Gasteiger partial charge in [0.1, 0.15) is 0 Å². The zero-order valence-corrected chi connectivity index (χ0v) is 8.81. The van der Waals surface area contributed by atoms with E-state index in [1.54, 1.807) is 0 Å². The summed E-state index contributed by atoms with van der Waals surface area (Å²) in [5.74, 6) is 0. The van der Waals surface area contributed by atoms with Crippen molar-refractivity contribution in [1.82, 2.24) is 0 Å². The Bertz CT molecular complexity index is 123. The molecular weight excluding hydrogens is 162 g/mol. The molecule has 0 aliphatic carbocycles. The van der Waals surface area contributed by atoms with Gasteiger partial charge in [-0.25, -0.2) is 0 Å². The Labute approximate surface area is 81.9 Å². The molecule has 0 heterocycles. The fraction of sp³-hybridized carbons (Fsp3) is 0.909. The fourth-order valence-corrected chi connectivity index (χ4v) is 1.36. The van der Waals surface area contributed by atoms with Crippen LogP contribution in [0.2, 0.25) is 0 Å². The van der Waals surface area contributed by atoms with E-state index >= 15 is 0 Å². The van der Waals surface area contributed by atoms with Crippen LogP contribution in [0.3, 0.4) is 0 Å². The maximum absolute atomic E-state index is 8.56. The number of aliphatic hydroxyl groups excluding tert-OH is 1. The topological polar surface area (TPSA) is 44.1 Å². The molecule has 2 nitrogen and oxygen atoms in total. The lowest BCUT2D eigenvalue weighted by Gasteiger charge is -2.02. The van der Waals surface area contributed by atoms with Gasteiger partial charge >= 0.3 is 0 Å². The van der Waals surface area contributed by atoms with Crippen LogP contribution < -0.4 is 0 Å². The van der Waals surface area contributed by atoms with Gasteiger partial charge in [-0.1, -0.05) is 32.6 Å². The Kier molecular flexibility index (Phi) is 9.44. The van der Waals surface area contributed by atoms with Crippen molar-refractivity contribution in [2.45, 2.75) is 58.3 Å². The molecule has 0 saturated heterocycles. The second-order valence-electron chi connectivity index (χ2n) is 3.59. The third kappa shape index (κ3) is 9.54. The maximum atomic E-state index is 8.56. The Morgan fingerprint density at radius 3 is 2.23 bits per heavy atom. The highest BCUT2D eigenvalue weighted by Gasteiger charge is 1.96. The van der Waals surface area contributed by atoms with E-state index in [0.29, 0.717) is 0 Å². The normalized spacial score (nSPS) is 10.3. The van der Waals surface area contributed by atoms with Crippen molar-refractivity contribution in [2.75, 3.05) is 6.61 Å². The molecule has 0 radical (unpaired) electrons. The van der Waals surface area contributed by atoms with Gasteiger partial charge in [0.15, 0.2) is 0 Å². The molecule has 0 bridgehead atoms. The SMILES string of the molecule is CCCCCCCC(=N)CCCO. The van der Waals surface area contributed by atoms with Gasteiger partial charge < -0.3 is 10.5 Å². The number of hydrogen-bond donors (Lipinski definition) is 2.